The Kier molecular flexibility index (Phi) is 4.56. The molecule has 2 rings (SSSR count). The Bertz CT molecular complexity index is 651. The molecule has 0 aliphatic carbocycles. The van der Waals surface area contributed by atoms with E-state index in [0.717, 1.165) is 0 Å². The largest absolute Gasteiger partial charge is 0.495 e. The van der Waals surface area contributed by atoms with E-state index >= 15 is 0 Å². The number of nitrogens with two attached hydrogens (primary N) is 1. The molecule has 0 radical (unpaired) electrons. The van der Waals surface area contributed by atoms with Crippen molar-refractivity contribution in [3.05, 3.63) is 54.1 Å². The van der Waals surface area contributed by atoms with Crippen LogP contribution in [0.3, 0.4) is 0 Å². The zero-order valence-electron chi connectivity index (χ0n) is 11.6. The third-order valence-electron chi connectivity index (χ3n) is 2.93. The van der Waals surface area contributed by atoms with Crippen molar-refractivity contribution in [1.29, 1.82) is 0 Å². The molecule has 0 spiro atoms. The van der Waals surface area contributed by atoms with Gasteiger partial charge in [0.2, 0.25) is 5.91 Å². The molecule has 0 aliphatic heterocycles. The fraction of sp³-hybridized carbons (Fsp3) is 0.125. The molecule has 21 heavy (non-hydrogen) atoms. The van der Waals surface area contributed by atoms with Crippen molar-refractivity contribution in [2.45, 2.75) is 6.42 Å². The van der Waals surface area contributed by atoms with Gasteiger partial charge in [-0.15, -0.1) is 0 Å². The summed E-state index contributed by atoms with van der Waals surface area (Å²) in [7, 11) is 1.52. The predicted octanol–water partition coefficient (Wildman–Crippen LogP) is 2.49. The van der Waals surface area contributed by atoms with Gasteiger partial charge >= 0.3 is 0 Å². The third kappa shape index (κ3) is 3.82. The van der Waals surface area contributed by atoms with Crippen LogP contribution < -0.4 is 15.8 Å². The van der Waals surface area contributed by atoms with Crippen molar-refractivity contribution in [3.8, 4) is 5.75 Å². The summed E-state index contributed by atoms with van der Waals surface area (Å²) in [6, 6.07) is 13.5. The molecule has 0 heterocycles. The first kappa shape index (κ1) is 14.6. The van der Waals surface area contributed by atoms with E-state index in [1.807, 2.05) is 0 Å². The Morgan fingerprint density at radius 1 is 1.10 bits per heavy atom. The highest BCUT2D eigenvalue weighted by Crippen LogP contribution is 2.23. The van der Waals surface area contributed by atoms with Gasteiger partial charge in [-0.25, -0.2) is 0 Å². The molecule has 0 aromatic heterocycles. The summed E-state index contributed by atoms with van der Waals surface area (Å²) in [6.07, 6.45) is -0.234. The number of ketones is 1. The molecular formula is C16H16N2O3. The third-order valence-corrected chi connectivity index (χ3v) is 2.93. The smallest absolute Gasteiger partial charge is 0.232 e. The first-order valence-corrected chi connectivity index (χ1v) is 6.42. The van der Waals surface area contributed by atoms with E-state index in [-0.39, 0.29) is 18.1 Å². The Hall–Kier alpha value is -2.82. The van der Waals surface area contributed by atoms with Crippen LogP contribution in [-0.4, -0.2) is 18.8 Å². The quantitative estimate of drug-likeness (QED) is 0.502. The molecule has 2 aromatic rings. The summed E-state index contributed by atoms with van der Waals surface area (Å²) in [5.74, 6) is -0.102. The van der Waals surface area contributed by atoms with Crippen LogP contribution in [0.25, 0.3) is 0 Å². The number of rotatable bonds is 5. The van der Waals surface area contributed by atoms with Gasteiger partial charge in [-0.1, -0.05) is 12.1 Å². The van der Waals surface area contributed by atoms with Gasteiger partial charge in [-0.2, -0.15) is 0 Å². The normalized spacial score (nSPS) is 9.95. The van der Waals surface area contributed by atoms with E-state index < -0.39 is 0 Å². The average molecular weight is 284 g/mol. The number of para-hydroxylation sites is 2. The van der Waals surface area contributed by atoms with Crippen LogP contribution in [0.5, 0.6) is 5.75 Å². The Labute approximate surface area is 122 Å². The van der Waals surface area contributed by atoms with Crippen LogP contribution in [0.1, 0.15) is 16.8 Å². The van der Waals surface area contributed by atoms with Gasteiger partial charge in [-0.05, 0) is 36.4 Å². The van der Waals surface area contributed by atoms with Gasteiger partial charge in [0.25, 0.3) is 0 Å². The van der Waals surface area contributed by atoms with Crippen molar-refractivity contribution >= 4 is 23.1 Å². The standard InChI is InChI=1S/C16H16N2O3/c1-21-15-5-3-2-4-13(15)18-16(20)10-14(19)11-6-8-12(17)9-7-11/h2-9H,10,17H2,1H3,(H,18,20). The highest BCUT2D eigenvalue weighted by atomic mass is 16.5. The number of ether oxygens (including phenoxy) is 1. The van der Waals surface area contributed by atoms with Crippen molar-refractivity contribution in [3.63, 3.8) is 0 Å². The van der Waals surface area contributed by atoms with E-state index in [1.165, 1.54) is 7.11 Å². The molecule has 0 bridgehead atoms. The Morgan fingerprint density at radius 3 is 2.43 bits per heavy atom. The number of hydrogen-bond donors (Lipinski definition) is 2. The lowest BCUT2D eigenvalue weighted by molar-refractivity contribution is -0.115. The van der Waals surface area contributed by atoms with Crippen LogP contribution in [0.15, 0.2) is 48.5 Å². The van der Waals surface area contributed by atoms with E-state index in [0.29, 0.717) is 22.7 Å². The summed E-state index contributed by atoms with van der Waals surface area (Å²) in [4.78, 5) is 23.9. The number of nitrogen functional groups attached to an aromatic ring is 1. The topological polar surface area (TPSA) is 81.4 Å². The summed E-state index contributed by atoms with van der Waals surface area (Å²) in [5, 5.41) is 2.66. The molecule has 5 nitrogen and oxygen atoms in total. The molecule has 1 amide bonds. The maximum atomic E-state index is 12.0. The maximum absolute atomic E-state index is 12.0. The lowest BCUT2D eigenvalue weighted by Crippen LogP contribution is -2.17. The summed E-state index contributed by atoms with van der Waals surface area (Å²) in [5.41, 5.74) is 7.13. The monoisotopic (exact) mass is 284 g/mol. The molecule has 0 atom stereocenters. The number of Topliss-reactive ketones (excluding diaryl/α,β-unsaturated/α-hetero) is 1. The molecule has 0 fully saturated rings. The molecule has 0 saturated heterocycles. The number of benzene rings is 2. The first-order chi connectivity index (χ1) is 10.1. The zero-order valence-corrected chi connectivity index (χ0v) is 11.6. The second-order valence-corrected chi connectivity index (χ2v) is 4.47. The molecule has 3 N–H and O–H groups in total. The van der Waals surface area contributed by atoms with E-state index in [2.05, 4.69) is 5.32 Å². The number of methoxy groups -OCH3 is 1. The van der Waals surface area contributed by atoms with Crippen LogP contribution in [0.4, 0.5) is 11.4 Å². The molecule has 108 valence electrons. The summed E-state index contributed by atoms with van der Waals surface area (Å²) >= 11 is 0. The fourth-order valence-corrected chi connectivity index (χ4v) is 1.86. The average Bonchev–Trinajstić information content (AvgIpc) is 2.48. The molecule has 0 aliphatic rings. The van der Waals surface area contributed by atoms with Crippen LogP contribution >= 0.6 is 0 Å². The minimum absolute atomic E-state index is 0.234. The molecule has 2 aromatic carbocycles. The highest BCUT2D eigenvalue weighted by molar-refractivity contribution is 6.11. The lowest BCUT2D eigenvalue weighted by Gasteiger charge is -2.09. The van der Waals surface area contributed by atoms with Crippen molar-refractivity contribution in [2.75, 3.05) is 18.2 Å². The van der Waals surface area contributed by atoms with Gasteiger partial charge in [0.15, 0.2) is 5.78 Å². The number of carbonyl (C=O) groups excluding carboxylic acids is 2. The summed E-state index contributed by atoms with van der Waals surface area (Å²) in [6.45, 7) is 0. The van der Waals surface area contributed by atoms with Crippen LogP contribution in [-0.2, 0) is 4.79 Å². The van der Waals surface area contributed by atoms with Gasteiger partial charge in [0.05, 0.1) is 19.2 Å². The predicted molar refractivity (Wildman–Crippen MR) is 81.4 cm³/mol. The van der Waals surface area contributed by atoms with Crippen LogP contribution in [0.2, 0.25) is 0 Å². The van der Waals surface area contributed by atoms with E-state index in [4.69, 9.17) is 10.5 Å². The Morgan fingerprint density at radius 2 is 1.76 bits per heavy atom. The molecule has 5 heteroatoms. The lowest BCUT2D eigenvalue weighted by atomic mass is 10.1. The van der Waals surface area contributed by atoms with Crippen molar-refractivity contribution in [1.82, 2.24) is 0 Å². The molecule has 0 unspecified atom stereocenters. The van der Waals surface area contributed by atoms with Crippen LogP contribution in [0, 0.1) is 0 Å². The number of hydrogen-bond acceptors (Lipinski definition) is 4. The first-order valence-electron chi connectivity index (χ1n) is 6.42. The maximum Gasteiger partial charge on any atom is 0.232 e. The van der Waals surface area contributed by atoms with Gasteiger partial charge in [-0.3, -0.25) is 9.59 Å². The fourth-order valence-electron chi connectivity index (χ4n) is 1.86. The zero-order chi connectivity index (χ0) is 15.2. The van der Waals surface area contributed by atoms with E-state index in [1.54, 1.807) is 48.5 Å². The second kappa shape index (κ2) is 6.56. The minimum Gasteiger partial charge on any atom is -0.495 e. The van der Waals surface area contributed by atoms with E-state index in [9.17, 15) is 9.59 Å². The van der Waals surface area contributed by atoms with Crippen molar-refractivity contribution < 1.29 is 14.3 Å². The summed E-state index contributed by atoms with van der Waals surface area (Å²) < 4.78 is 5.14. The Balaban J connectivity index is 2.01. The van der Waals surface area contributed by atoms with Crippen molar-refractivity contribution in [2.24, 2.45) is 0 Å². The minimum atomic E-state index is -0.388. The number of amides is 1. The molecule has 0 saturated carbocycles. The van der Waals surface area contributed by atoms with Gasteiger partial charge < -0.3 is 15.8 Å². The number of nitrogens with one attached hydrogen (secondary N) is 1. The SMILES string of the molecule is COc1ccccc1NC(=O)CC(=O)c1ccc(N)cc1. The second-order valence-electron chi connectivity index (χ2n) is 4.47. The number of anilines is 2. The highest BCUT2D eigenvalue weighted by Gasteiger charge is 2.13. The number of carbonyl (C=O) groups is 2. The van der Waals surface area contributed by atoms with Gasteiger partial charge in [0, 0.05) is 11.3 Å². The van der Waals surface area contributed by atoms with Gasteiger partial charge in [0.1, 0.15) is 5.75 Å². The molecular weight excluding hydrogens is 268 g/mol.